The van der Waals surface area contributed by atoms with Crippen molar-refractivity contribution in [3.8, 4) is 0 Å². The number of rotatable bonds is 5. The first-order valence-corrected chi connectivity index (χ1v) is 7.71. The molecule has 2 aromatic rings. The number of carbonyl (C=O) groups excluding carboxylic acids is 1. The molecule has 23 heavy (non-hydrogen) atoms. The number of hydrogen-bond acceptors (Lipinski definition) is 4. The van der Waals surface area contributed by atoms with Crippen molar-refractivity contribution in [2.45, 2.75) is 39.5 Å². The molecule has 0 fully saturated rings. The molecule has 0 spiro atoms. The standard InChI is InChI=1S/C18H23N3O2/c1-13(12-14-8-6-5-7-9-14)16(22)19-11-10-15-20-17(23-21-15)18(2,3)4/h5-9,12H,10-11H2,1-4H3,(H,19,22)/b13-12+. The smallest absolute Gasteiger partial charge is 0.246 e. The van der Waals surface area contributed by atoms with Crippen LogP contribution < -0.4 is 5.32 Å². The molecule has 0 saturated heterocycles. The maximum atomic E-state index is 12.1. The van der Waals surface area contributed by atoms with Gasteiger partial charge in [-0.25, -0.2) is 0 Å². The van der Waals surface area contributed by atoms with Crippen molar-refractivity contribution >= 4 is 12.0 Å². The van der Waals surface area contributed by atoms with E-state index >= 15 is 0 Å². The van der Waals surface area contributed by atoms with E-state index < -0.39 is 0 Å². The number of carbonyl (C=O) groups is 1. The van der Waals surface area contributed by atoms with Gasteiger partial charge in [-0.2, -0.15) is 4.98 Å². The minimum Gasteiger partial charge on any atom is -0.352 e. The molecule has 0 aliphatic rings. The maximum absolute atomic E-state index is 12.1. The van der Waals surface area contributed by atoms with Crippen molar-refractivity contribution in [1.82, 2.24) is 15.5 Å². The van der Waals surface area contributed by atoms with Gasteiger partial charge in [-0.1, -0.05) is 56.3 Å². The van der Waals surface area contributed by atoms with E-state index in [1.54, 1.807) is 6.92 Å². The second kappa shape index (κ2) is 7.22. The summed E-state index contributed by atoms with van der Waals surface area (Å²) >= 11 is 0. The van der Waals surface area contributed by atoms with Gasteiger partial charge in [-0.05, 0) is 18.6 Å². The monoisotopic (exact) mass is 313 g/mol. The van der Waals surface area contributed by atoms with E-state index in [9.17, 15) is 4.79 Å². The van der Waals surface area contributed by atoms with Gasteiger partial charge in [0.05, 0.1) is 0 Å². The number of amides is 1. The summed E-state index contributed by atoms with van der Waals surface area (Å²) in [6.07, 6.45) is 2.41. The third-order valence-corrected chi connectivity index (χ3v) is 3.28. The minimum absolute atomic E-state index is 0.0895. The van der Waals surface area contributed by atoms with Crippen molar-refractivity contribution in [2.75, 3.05) is 6.54 Å². The zero-order chi connectivity index (χ0) is 16.9. The molecule has 122 valence electrons. The molecule has 1 N–H and O–H groups in total. The van der Waals surface area contributed by atoms with E-state index in [0.29, 0.717) is 30.3 Å². The second-order valence-electron chi connectivity index (χ2n) is 6.51. The van der Waals surface area contributed by atoms with Gasteiger partial charge >= 0.3 is 0 Å². The summed E-state index contributed by atoms with van der Waals surface area (Å²) in [6.45, 7) is 8.33. The molecule has 1 aromatic carbocycles. The first-order chi connectivity index (χ1) is 10.9. The van der Waals surface area contributed by atoms with Gasteiger partial charge in [0.1, 0.15) is 0 Å². The van der Waals surface area contributed by atoms with E-state index in [1.165, 1.54) is 0 Å². The van der Waals surface area contributed by atoms with Gasteiger partial charge in [0.2, 0.25) is 11.8 Å². The fourth-order valence-corrected chi connectivity index (χ4v) is 1.95. The van der Waals surface area contributed by atoms with Gasteiger partial charge in [-0.3, -0.25) is 4.79 Å². The summed E-state index contributed by atoms with van der Waals surface area (Å²) in [6, 6.07) is 9.76. The highest BCUT2D eigenvalue weighted by atomic mass is 16.5. The van der Waals surface area contributed by atoms with Gasteiger partial charge in [0.15, 0.2) is 5.82 Å². The van der Waals surface area contributed by atoms with Crippen LogP contribution >= 0.6 is 0 Å². The largest absolute Gasteiger partial charge is 0.352 e. The van der Waals surface area contributed by atoms with Crippen LogP contribution in [0.5, 0.6) is 0 Å². The van der Waals surface area contributed by atoms with Crippen LogP contribution in [0.15, 0.2) is 40.4 Å². The van der Waals surface area contributed by atoms with E-state index in [0.717, 1.165) is 5.56 Å². The lowest BCUT2D eigenvalue weighted by molar-refractivity contribution is -0.117. The van der Waals surface area contributed by atoms with Crippen molar-refractivity contribution in [3.63, 3.8) is 0 Å². The lowest BCUT2D eigenvalue weighted by atomic mass is 9.97. The lowest BCUT2D eigenvalue weighted by Gasteiger charge is -2.10. The Morgan fingerprint density at radius 2 is 1.96 bits per heavy atom. The second-order valence-corrected chi connectivity index (χ2v) is 6.51. The molecule has 5 nitrogen and oxygen atoms in total. The van der Waals surface area contributed by atoms with E-state index in [-0.39, 0.29) is 11.3 Å². The third-order valence-electron chi connectivity index (χ3n) is 3.28. The Morgan fingerprint density at radius 1 is 1.26 bits per heavy atom. The molecule has 0 aliphatic heterocycles. The van der Waals surface area contributed by atoms with Crippen LogP contribution in [0.4, 0.5) is 0 Å². The van der Waals surface area contributed by atoms with Crippen LogP contribution in [0, 0.1) is 0 Å². The number of nitrogens with zero attached hydrogens (tertiary/aromatic N) is 2. The molecule has 1 heterocycles. The Bertz CT molecular complexity index is 682. The van der Waals surface area contributed by atoms with Crippen molar-refractivity contribution < 1.29 is 9.32 Å². The Morgan fingerprint density at radius 3 is 2.57 bits per heavy atom. The quantitative estimate of drug-likeness (QED) is 0.861. The Balaban J connectivity index is 1.85. The summed E-state index contributed by atoms with van der Waals surface area (Å²) in [5, 5.41) is 6.81. The number of hydrogen-bond donors (Lipinski definition) is 1. The van der Waals surface area contributed by atoms with Crippen LogP contribution in [0.25, 0.3) is 6.08 Å². The number of nitrogens with one attached hydrogen (secondary N) is 1. The predicted molar refractivity (Wildman–Crippen MR) is 89.8 cm³/mol. The maximum Gasteiger partial charge on any atom is 0.246 e. The first-order valence-electron chi connectivity index (χ1n) is 7.71. The molecule has 0 unspecified atom stereocenters. The summed E-state index contributed by atoms with van der Waals surface area (Å²) in [5.74, 6) is 1.13. The Kier molecular flexibility index (Phi) is 5.32. The predicted octanol–water partition coefficient (Wildman–Crippen LogP) is 3.13. The first kappa shape index (κ1) is 16.9. The van der Waals surface area contributed by atoms with Crippen molar-refractivity contribution in [3.05, 3.63) is 53.2 Å². The highest BCUT2D eigenvalue weighted by molar-refractivity contribution is 5.97. The molecule has 5 heteroatoms. The van der Waals surface area contributed by atoms with Crippen molar-refractivity contribution in [2.24, 2.45) is 0 Å². The number of benzene rings is 1. The van der Waals surface area contributed by atoms with Crippen LogP contribution in [-0.4, -0.2) is 22.6 Å². The molecule has 0 saturated carbocycles. The SMILES string of the molecule is C/C(=C\c1ccccc1)C(=O)NCCc1noc(C(C)(C)C)n1. The van der Waals surface area contributed by atoms with Gasteiger partial charge in [0, 0.05) is 24.0 Å². The molecule has 0 atom stereocenters. The minimum atomic E-state index is -0.163. The molecule has 2 rings (SSSR count). The van der Waals surface area contributed by atoms with Crippen molar-refractivity contribution in [1.29, 1.82) is 0 Å². The molecular formula is C18H23N3O2. The van der Waals surface area contributed by atoms with Gasteiger partial charge in [0.25, 0.3) is 0 Å². The molecule has 0 aliphatic carbocycles. The average Bonchev–Trinajstić information content (AvgIpc) is 2.97. The molecular weight excluding hydrogens is 290 g/mol. The van der Waals surface area contributed by atoms with Crippen LogP contribution in [-0.2, 0) is 16.6 Å². The van der Waals surface area contributed by atoms with E-state index in [4.69, 9.17) is 4.52 Å². The Hall–Kier alpha value is -2.43. The molecule has 1 aromatic heterocycles. The summed E-state index contributed by atoms with van der Waals surface area (Å²) < 4.78 is 5.23. The topological polar surface area (TPSA) is 68.0 Å². The summed E-state index contributed by atoms with van der Waals surface area (Å²) in [4.78, 5) is 16.4. The van der Waals surface area contributed by atoms with E-state index in [2.05, 4.69) is 15.5 Å². The van der Waals surface area contributed by atoms with Crippen LogP contribution in [0.3, 0.4) is 0 Å². The fraction of sp³-hybridized carbons (Fsp3) is 0.389. The molecule has 0 radical (unpaired) electrons. The summed E-state index contributed by atoms with van der Waals surface area (Å²) in [5.41, 5.74) is 1.51. The normalized spacial score (nSPS) is 12.3. The average molecular weight is 313 g/mol. The zero-order valence-electron chi connectivity index (χ0n) is 14.1. The third kappa shape index (κ3) is 5.06. The Labute approximate surface area is 136 Å². The zero-order valence-corrected chi connectivity index (χ0v) is 14.1. The highest BCUT2D eigenvalue weighted by Crippen LogP contribution is 2.19. The fourth-order valence-electron chi connectivity index (χ4n) is 1.95. The van der Waals surface area contributed by atoms with Gasteiger partial charge < -0.3 is 9.84 Å². The highest BCUT2D eigenvalue weighted by Gasteiger charge is 2.21. The lowest BCUT2D eigenvalue weighted by Crippen LogP contribution is -2.26. The van der Waals surface area contributed by atoms with Crippen LogP contribution in [0.2, 0.25) is 0 Å². The van der Waals surface area contributed by atoms with Crippen LogP contribution in [0.1, 0.15) is 45.0 Å². The summed E-state index contributed by atoms with van der Waals surface area (Å²) in [7, 11) is 0. The van der Waals surface area contributed by atoms with E-state index in [1.807, 2.05) is 57.2 Å². The number of aromatic nitrogens is 2. The van der Waals surface area contributed by atoms with Gasteiger partial charge in [-0.15, -0.1) is 0 Å². The molecule has 1 amide bonds. The molecule has 0 bridgehead atoms.